The first-order chi connectivity index (χ1) is 51.5. The number of carbonyl (C=O) groups is 3. The van der Waals surface area contributed by atoms with Gasteiger partial charge in [-0.2, -0.15) is 15.3 Å². The van der Waals surface area contributed by atoms with E-state index >= 15 is 0 Å². The third-order valence-electron chi connectivity index (χ3n) is 25.4. The highest BCUT2D eigenvalue weighted by Crippen LogP contribution is 2.37. The Morgan fingerprint density at radius 1 is 0.411 bits per heavy atom. The average Bonchev–Trinajstić information content (AvgIpc) is 1.64. The van der Waals surface area contributed by atoms with Gasteiger partial charge in [0.05, 0.1) is 74.6 Å². The fourth-order valence-corrected chi connectivity index (χ4v) is 19.3. The molecule has 1 N–H and O–H groups in total. The number of nitrogens with zero attached hydrogens (tertiary/aromatic N) is 12. The molecule has 3 aromatic carbocycles. The molecule has 6 fully saturated rings. The number of aryl methyl sites for hydroxylation is 3. The first kappa shape index (κ1) is 78.0. The van der Waals surface area contributed by atoms with Gasteiger partial charge in [0.25, 0.3) is 17.7 Å². The molecule has 582 valence electrons. The van der Waals surface area contributed by atoms with Crippen LogP contribution in [0.2, 0.25) is 0 Å². The van der Waals surface area contributed by atoms with E-state index in [1.54, 1.807) is 0 Å². The van der Waals surface area contributed by atoms with Crippen LogP contribution in [0.25, 0.3) is 0 Å². The molecule has 3 amide bonds. The number of benzene rings is 3. The van der Waals surface area contributed by atoms with Crippen molar-refractivity contribution in [2.75, 3.05) is 107 Å². The van der Waals surface area contributed by atoms with Gasteiger partial charge in [-0.25, -0.2) is 0 Å². The van der Waals surface area contributed by atoms with Gasteiger partial charge in [-0.3, -0.25) is 28.4 Å². The molecule has 0 spiro atoms. The number of anilines is 3. The van der Waals surface area contributed by atoms with Crippen LogP contribution in [0.4, 0.5) is 17.1 Å². The molecule has 0 radical (unpaired) electrons. The third kappa shape index (κ3) is 17.4. The summed E-state index contributed by atoms with van der Waals surface area (Å²) in [6.45, 7) is 37.1. The second kappa shape index (κ2) is 34.4. The number of ether oxygens (including phenoxy) is 5. The van der Waals surface area contributed by atoms with E-state index in [0.29, 0.717) is 74.7 Å². The van der Waals surface area contributed by atoms with Gasteiger partial charge in [0.15, 0.2) is 17.1 Å². The molecular weight excluding hydrogens is 1350 g/mol. The van der Waals surface area contributed by atoms with Crippen molar-refractivity contribution in [1.82, 2.24) is 44.0 Å². The lowest BCUT2D eigenvalue weighted by Crippen LogP contribution is -2.48. The topological polar surface area (TPSA) is 190 Å². The number of amides is 3. The highest BCUT2D eigenvalue weighted by atomic mass is 16.5. The normalized spacial score (nSPS) is 23.8. The lowest BCUT2D eigenvalue weighted by Gasteiger charge is -2.37. The summed E-state index contributed by atoms with van der Waals surface area (Å²) in [4.78, 5) is 53.7. The maximum absolute atomic E-state index is 13.5. The van der Waals surface area contributed by atoms with Gasteiger partial charge in [0.1, 0.15) is 0 Å². The zero-order valence-corrected chi connectivity index (χ0v) is 66.9. The van der Waals surface area contributed by atoms with Crippen LogP contribution in [0.3, 0.4) is 0 Å². The van der Waals surface area contributed by atoms with E-state index < -0.39 is 6.10 Å². The minimum atomic E-state index is -0.452. The van der Waals surface area contributed by atoms with Gasteiger partial charge in [0.2, 0.25) is 0 Å². The Balaban J connectivity index is 0.000000142. The lowest BCUT2D eigenvalue weighted by atomic mass is 9.90. The summed E-state index contributed by atoms with van der Waals surface area (Å²) in [6, 6.07) is 19.7. The minimum absolute atomic E-state index is 0.0141. The number of piperidine rings is 3. The van der Waals surface area contributed by atoms with Crippen molar-refractivity contribution < 1.29 is 43.2 Å². The largest absolute Gasteiger partial charge is 0.391 e. The number of aliphatic hydroxyl groups is 1. The molecule has 0 bridgehead atoms. The molecule has 15 rings (SSSR count). The zero-order chi connectivity index (χ0) is 75.5. The van der Waals surface area contributed by atoms with E-state index in [4.69, 9.17) is 39.0 Å². The van der Waals surface area contributed by atoms with Crippen LogP contribution in [-0.2, 0) is 81.8 Å². The smallest absolute Gasteiger partial charge is 0.274 e. The number of rotatable bonds is 17. The van der Waals surface area contributed by atoms with E-state index in [9.17, 15) is 19.5 Å². The van der Waals surface area contributed by atoms with Crippen molar-refractivity contribution in [2.24, 2.45) is 17.8 Å². The van der Waals surface area contributed by atoms with Crippen molar-refractivity contribution in [2.45, 2.75) is 254 Å². The van der Waals surface area contributed by atoms with Crippen LogP contribution in [0.1, 0.15) is 198 Å². The molecule has 9 heterocycles. The molecule has 21 heteroatoms. The molecule has 0 saturated carbocycles. The second-order valence-corrected chi connectivity index (χ2v) is 33.1. The number of hydrogen-bond acceptors (Lipinski definition) is 15. The summed E-state index contributed by atoms with van der Waals surface area (Å²) in [7, 11) is 3.65. The van der Waals surface area contributed by atoms with Crippen LogP contribution in [0.15, 0.2) is 54.6 Å². The van der Waals surface area contributed by atoms with Gasteiger partial charge >= 0.3 is 0 Å². The highest BCUT2D eigenvalue weighted by Gasteiger charge is 2.40. The average molecular weight is 1470 g/mol. The maximum Gasteiger partial charge on any atom is 0.274 e. The standard InChI is InChI=1S/2C29H42N4O3.C28H40N4O3/c2*1-19-8-6-10-25(22(19)4)31-14-12-23(13-15-31)27(35-5)18-33-26-11-7-9-24(26)28(30-33)29(34)32-16-20(2)36-21(3)17-32;1-18-7-5-9-24(21(18)4)30-13-11-22(12-14-30)26(33)17-32-25-10-6-8-23(25)27(29-32)28(34)31-15-19(2)35-20(3)16-31/h2*6,8,10,20-21,23,27H,7,9,11-18H2,1-5H3;5,7,9,19-20,22,26,33H,6,8,10-17H2,1-4H3/t2*20-,21+,27?;19-,20+,26?. The number of morpholine rings is 3. The summed E-state index contributed by atoms with van der Waals surface area (Å²) in [6.07, 6.45) is 15.3. The minimum Gasteiger partial charge on any atom is -0.391 e. The number of hydrogen-bond donors (Lipinski definition) is 1. The quantitative estimate of drug-likeness (QED) is 0.0907. The van der Waals surface area contributed by atoms with Crippen molar-refractivity contribution >= 4 is 34.8 Å². The van der Waals surface area contributed by atoms with Gasteiger partial charge in [-0.15, -0.1) is 0 Å². The van der Waals surface area contributed by atoms with Gasteiger partial charge < -0.3 is 58.2 Å². The fraction of sp³-hybridized carbons (Fsp3) is 0.651. The Morgan fingerprint density at radius 3 is 0.963 bits per heavy atom. The number of aromatic nitrogens is 6. The van der Waals surface area contributed by atoms with Crippen molar-refractivity contribution in [1.29, 1.82) is 0 Å². The van der Waals surface area contributed by atoms with E-state index in [1.165, 1.54) is 61.8 Å². The molecular formula is C86H124N12O9. The maximum atomic E-state index is 13.5. The predicted molar refractivity (Wildman–Crippen MR) is 421 cm³/mol. The monoisotopic (exact) mass is 1470 g/mol. The first-order valence-electron chi connectivity index (χ1n) is 40.8. The molecule has 107 heavy (non-hydrogen) atoms. The number of methoxy groups -OCH3 is 2. The fourth-order valence-electron chi connectivity index (χ4n) is 19.3. The Morgan fingerprint density at radius 2 is 0.682 bits per heavy atom. The van der Waals surface area contributed by atoms with E-state index in [0.717, 1.165) is 171 Å². The zero-order valence-electron chi connectivity index (χ0n) is 66.9. The van der Waals surface area contributed by atoms with E-state index in [1.807, 2.05) is 75.1 Å². The van der Waals surface area contributed by atoms with E-state index in [-0.39, 0.29) is 72.5 Å². The predicted octanol–water partition coefficient (Wildman–Crippen LogP) is 11.9. The highest BCUT2D eigenvalue weighted by molar-refractivity contribution is 5.95. The van der Waals surface area contributed by atoms with Crippen molar-refractivity contribution in [3.8, 4) is 0 Å². The summed E-state index contributed by atoms with van der Waals surface area (Å²) < 4.78 is 35.8. The lowest BCUT2D eigenvalue weighted by molar-refractivity contribution is -0.0588. The van der Waals surface area contributed by atoms with Crippen LogP contribution in [-0.4, -0.2) is 215 Å². The first-order valence-corrected chi connectivity index (χ1v) is 40.8. The van der Waals surface area contributed by atoms with Crippen LogP contribution < -0.4 is 14.7 Å². The SMILES string of the molecule is COC(Cn1nc(C(=O)N2C[C@@H](C)O[C@@H](C)C2)c2c1CCC2)C1CCN(c2cccc(C)c2C)CC1.COC(Cn1nc(C(=O)N2C[C@@H](C)O[C@@H](C)C2)c2c1CCC2)C1CCN(c2cccc(C)c2C)CC1.Cc1cccc(N2CCC(C(O)Cn3nc(C(=O)N4C[C@@H](C)O[C@@H](C)C4)c4c3CCC4)CC2)c1C. The van der Waals surface area contributed by atoms with Crippen molar-refractivity contribution in [3.05, 3.63) is 139 Å². The molecule has 6 aromatic rings. The number of carbonyl (C=O) groups excluding carboxylic acids is 3. The number of aliphatic hydroxyl groups excluding tert-OH is 1. The van der Waals surface area contributed by atoms with Crippen molar-refractivity contribution in [3.63, 3.8) is 0 Å². The van der Waals surface area contributed by atoms with Crippen LogP contribution in [0, 0.1) is 59.3 Å². The Bertz CT molecular complexity index is 3860. The summed E-state index contributed by atoms with van der Waals surface area (Å²) in [5.74, 6) is 1.35. The molecule has 6 saturated heterocycles. The van der Waals surface area contributed by atoms with E-state index in [2.05, 4.69) is 120 Å². The Hall–Kier alpha value is -7.14. The Kier molecular flexibility index (Phi) is 25.1. The molecule has 3 aliphatic carbocycles. The summed E-state index contributed by atoms with van der Waals surface area (Å²) in [5.41, 5.74) is 21.1. The van der Waals surface area contributed by atoms with Gasteiger partial charge in [-0.1, -0.05) is 36.4 Å². The number of fused-ring (bicyclic) bond motifs is 3. The van der Waals surface area contributed by atoms with Crippen LogP contribution >= 0.6 is 0 Å². The summed E-state index contributed by atoms with van der Waals surface area (Å²) >= 11 is 0. The molecule has 3 aromatic heterocycles. The molecule has 9 aliphatic rings. The molecule has 21 nitrogen and oxygen atoms in total. The molecule has 9 atom stereocenters. The third-order valence-corrected chi connectivity index (χ3v) is 25.4. The second-order valence-electron chi connectivity index (χ2n) is 33.1. The van der Waals surface area contributed by atoms with Gasteiger partial charge in [-0.05, 0) is 249 Å². The molecule has 3 unspecified atom stereocenters. The van der Waals surface area contributed by atoms with Crippen LogP contribution in [0.5, 0.6) is 0 Å². The van der Waals surface area contributed by atoms with Gasteiger partial charge in [0, 0.05) is 144 Å². The molecule has 6 aliphatic heterocycles. The Labute approximate surface area is 636 Å². The summed E-state index contributed by atoms with van der Waals surface area (Å²) in [5, 5.41) is 25.8.